The number of ether oxygens (including phenoxy) is 2. The zero-order chi connectivity index (χ0) is 20.6. The molecule has 0 atom stereocenters. The van der Waals surface area contributed by atoms with Gasteiger partial charge in [-0.1, -0.05) is 43.5 Å². The van der Waals surface area contributed by atoms with E-state index in [9.17, 15) is 4.79 Å². The molecule has 4 rings (SSSR count). The van der Waals surface area contributed by atoms with Crippen LogP contribution < -0.4 is 10.1 Å². The van der Waals surface area contributed by atoms with Crippen LogP contribution in [0.4, 0.5) is 5.69 Å². The number of rotatable bonds is 7. The third-order valence-electron chi connectivity index (χ3n) is 6.07. The van der Waals surface area contributed by atoms with Crippen LogP contribution in [-0.4, -0.2) is 43.7 Å². The first kappa shape index (κ1) is 20.9. The lowest BCUT2D eigenvalue weighted by molar-refractivity contribution is -0.118. The Balaban J connectivity index is 1.21. The molecule has 1 N–H and O–H groups in total. The molecule has 2 fully saturated rings. The Morgan fingerprint density at radius 3 is 2.37 bits per heavy atom. The first-order chi connectivity index (χ1) is 14.8. The van der Waals surface area contributed by atoms with Crippen molar-refractivity contribution in [2.45, 2.75) is 44.6 Å². The predicted molar refractivity (Wildman–Crippen MR) is 119 cm³/mol. The molecular formula is C25H32N2O3. The van der Waals surface area contributed by atoms with Crippen molar-refractivity contribution in [3.8, 4) is 5.75 Å². The molecule has 2 aliphatic rings. The van der Waals surface area contributed by atoms with Crippen LogP contribution in [0.2, 0.25) is 0 Å². The van der Waals surface area contributed by atoms with Crippen LogP contribution in [0, 0.1) is 0 Å². The first-order valence-electron chi connectivity index (χ1n) is 11.2. The van der Waals surface area contributed by atoms with Gasteiger partial charge in [0.1, 0.15) is 5.75 Å². The quantitative estimate of drug-likeness (QED) is 0.728. The predicted octanol–water partition coefficient (Wildman–Crippen LogP) is 4.58. The van der Waals surface area contributed by atoms with Crippen molar-refractivity contribution in [3.05, 3.63) is 59.7 Å². The molecule has 1 amide bonds. The summed E-state index contributed by atoms with van der Waals surface area (Å²) in [5.41, 5.74) is 3.43. The Labute approximate surface area is 179 Å². The van der Waals surface area contributed by atoms with Gasteiger partial charge >= 0.3 is 0 Å². The fraction of sp³-hybridized carbons (Fsp3) is 0.480. The molecule has 2 aromatic carbocycles. The first-order valence-corrected chi connectivity index (χ1v) is 11.2. The second-order valence-electron chi connectivity index (χ2n) is 8.33. The lowest BCUT2D eigenvalue weighted by Gasteiger charge is -2.26. The van der Waals surface area contributed by atoms with Gasteiger partial charge in [0.25, 0.3) is 5.91 Å². The van der Waals surface area contributed by atoms with Crippen LogP contribution in [-0.2, 0) is 16.1 Å². The number of carbonyl (C=O) groups is 1. The monoisotopic (exact) mass is 408 g/mol. The van der Waals surface area contributed by atoms with Gasteiger partial charge in [-0.3, -0.25) is 9.69 Å². The molecule has 0 radical (unpaired) electrons. The molecule has 0 bridgehead atoms. The van der Waals surface area contributed by atoms with Gasteiger partial charge in [-0.05, 0) is 54.2 Å². The number of morpholine rings is 1. The average molecular weight is 409 g/mol. The van der Waals surface area contributed by atoms with E-state index in [1.54, 1.807) is 0 Å². The smallest absolute Gasteiger partial charge is 0.262 e. The molecular weight excluding hydrogens is 376 g/mol. The third kappa shape index (κ3) is 6.07. The molecule has 0 unspecified atom stereocenters. The second-order valence-corrected chi connectivity index (χ2v) is 8.33. The molecule has 0 aromatic heterocycles. The maximum atomic E-state index is 12.2. The van der Waals surface area contributed by atoms with E-state index in [0.717, 1.165) is 44.3 Å². The zero-order valence-corrected chi connectivity index (χ0v) is 17.6. The number of hydrogen-bond acceptors (Lipinski definition) is 4. The van der Waals surface area contributed by atoms with Gasteiger partial charge in [-0.2, -0.15) is 0 Å². The molecule has 5 nitrogen and oxygen atoms in total. The molecule has 160 valence electrons. The highest BCUT2D eigenvalue weighted by Crippen LogP contribution is 2.33. The Morgan fingerprint density at radius 1 is 0.967 bits per heavy atom. The minimum Gasteiger partial charge on any atom is -0.484 e. The Hall–Kier alpha value is -2.37. The van der Waals surface area contributed by atoms with Crippen LogP contribution in [0.1, 0.15) is 49.1 Å². The van der Waals surface area contributed by atoms with Crippen LogP contribution in [0.5, 0.6) is 5.75 Å². The Kier molecular flexibility index (Phi) is 7.38. The van der Waals surface area contributed by atoms with Crippen molar-refractivity contribution in [2.24, 2.45) is 0 Å². The maximum absolute atomic E-state index is 12.2. The number of nitrogens with zero attached hydrogens (tertiary/aromatic N) is 1. The lowest BCUT2D eigenvalue weighted by atomic mass is 9.84. The van der Waals surface area contributed by atoms with Crippen molar-refractivity contribution < 1.29 is 14.3 Å². The summed E-state index contributed by atoms with van der Waals surface area (Å²) in [5, 5.41) is 2.91. The summed E-state index contributed by atoms with van der Waals surface area (Å²) in [6.07, 6.45) is 6.60. The maximum Gasteiger partial charge on any atom is 0.262 e. The molecule has 1 aliphatic carbocycles. The van der Waals surface area contributed by atoms with Gasteiger partial charge in [0.2, 0.25) is 0 Å². The van der Waals surface area contributed by atoms with E-state index in [1.807, 2.05) is 24.3 Å². The number of anilines is 1. The molecule has 0 spiro atoms. The van der Waals surface area contributed by atoms with Gasteiger partial charge < -0.3 is 14.8 Å². The van der Waals surface area contributed by atoms with Crippen molar-refractivity contribution in [1.29, 1.82) is 0 Å². The molecule has 1 heterocycles. The van der Waals surface area contributed by atoms with Crippen LogP contribution in [0.25, 0.3) is 0 Å². The van der Waals surface area contributed by atoms with E-state index < -0.39 is 0 Å². The average Bonchev–Trinajstić information content (AvgIpc) is 2.81. The van der Waals surface area contributed by atoms with Crippen molar-refractivity contribution in [3.63, 3.8) is 0 Å². The largest absolute Gasteiger partial charge is 0.484 e. The van der Waals surface area contributed by atoms with Gasteiger partial charge in [0, 0.05) is 25.3 Å². The van der Waals surface area contributed by atoms with E-state index in [4.69, 9.17) is 9.47 Å². The second kappa shape index (κ2) is 10.6. The number of nitrogens with one attached hydrogen (secondary N) is 1. The number of hydrogen-bond donors (Lipinski definition) is 1. The zero-order valence-electron chi connectivity index (χ0n) is 17.6. The van der Waals surface area contributed by atoms with Crippen LogP contribution in [0.3, 0.4) is 0 Å². The standard InChI is InChI=1S/C25H32N2O3/c28-25(19-30-24-12-8-22(9-13-24)21-4-2-1-3-5-21)26-23-10-6-20(7-11-23)18-27-14-16-29-17-15-27/h6-13,21H,1-5,14-19H2,(H,26,28). The molecule has 1 aliphatic heterocycles. The summed E-state index contributed by atoms with van der Waals surface area (Å²) in [5.74, 6) is 1.28. The summed E-state index contributed by atoms with van der Waals surface area (Å²) >= 11 is 0. The van der Waals surface area contributed by atoms with E-state index in [2.05, 4.69) is 34.5 Å². The fourth-order valence-electron chi connectivity index (χ4n) is 4.33. The van der Waals surface area contributed by atoms with Gasteiger partial charge in [0.05, 0.1) is 13.2 Å². The molecule has 5 heteroatoms. The SMILES string of the molecule is O=C(COc1ccc(C2CCCCC2)cc1)Nc1ccc(CN2CCOCC2)cc1. The highest BCUT2D eigenvalue weighted by molar-refractivity contribution is 5.91. The molecule has 1 saturated carbocycles. The number of amides is 1. The topological polar surface area (TPSA) is 50.8 Å². The summed E-state index contributed by atoms with van der Waals surface area (Å²) < 4.78 is 11.1. The van der Waals surface area contributed by atoms with E-state index in [-0.39, 0.29) is 12.5 Å². The Bertz CT molecular complexity index is 792. The minimum absolute atomic E-state index is 0.0122. The number of carbonyl (C=O) groups excluding carboxylic acids is 1. The fourth-order valence-corrected chi connectivity index (χ4v) is 4.33. The van der Waals surface area contributed by atoms with Gasteiger partial charge in [0.15, 0.2) is 6.61 Å². The van der Waals surface area contributed by atoms with E-state index >= 15 is 0 Å². The van der Waals surface area contributed by atoms with Crippen molar-refractivity contribution in [1.82, 2.24) is 4.90 Å². The number of benzene rings is 2. The summed E-state index contributed by atoms with van der Waals surface area (Å²) in [4.78, 5) is 14.6. The Morgan fingerprint density at radius 2 is 1.67 bits per heavy atom. The highest BCUT2D eigenvalue weighted by Gasteiger charge is 2.15. The van der Waals surface area contributed by atoms with Crippen molar-refractivity contribution >= 4 is 11.6 Å². The highest BCUT2D eigenvalue weighted by atomic mass is 16.5. The minimum atomic E-state index is -0.146. The van der Waals surface area contributed by atoms with E-state index in [0.29, 0.717) is 5.92 Å². The van der Waals surface area contributed by atoms with Gasteiger partial charge in [-0.25, -0.2) is 0 Å². The summed E-state index contributed by atoms with van der Waals surface area (Å²) in [6, 6.07) is 16.3. The molecule has 1 saturated heterocycles. The van der Waals surface area contributed by atoms with Gasteiger partial charge in [-0.15, -0.1) is 0 Å². The van der Waals surface area contributed by atoms with E-state index in [1.165, 1.54) is 43.2 Å². The summed E-state index contributed by atoms with van der Waals surface area (Å²) in [6.45, 7) is 4.47. The normalized spacial score (nSPS) is 18.1. The summed E-state index contributed by atoms with van der Waals surface area (Å²) in [7, 11) is 0. The molecule has 2 aromatic rings. The van der Waals surface area contributed by atoms with Crippen LogP contribution in [0.15, 0.2) is 48.5 Å². The van der Waals surface area contributed by atoms with Crippen LogP contribution >= 0.6 is 0 Å². The van der Waals surface area contributed by atoms with Crippen molar-refractivity contribution in [2.75, 3.05) is 38.2 Å². The molecule has 30 heavy (non-hydrogen) atoms. The third-order valence-corrected chi connectivity index (χ3v) is 6.07. The lowest BCUT2D eigenvalue weighted by Crippen LogP contribution is -2.35.